The molecule has 2 heterocycles. The summed E-state index contributed by atoms with van der Waals surface area (Å²) in [7, 11) is -4.74. The number of halogens is 3. The predicted molar refractivity (Wildman–Crippen MR) is 129 cm³/mol. The standard InChI is InChI=1S/C23H23ClF2N4O8S/c24-14-1-3-15(4-2-14)38-20-17(25)11-16(12-18(20)26)39(35,36)30-6-5-29(13-19(30)21(31)27-34)23(33)22(32)28-7-9-37-10-8-28/h1-4,11-12,19,34H,5-10,13H2,(H,27,31)/t19-/m0/s1. The van der Waals surface area contributed by atoms with Gasteiger partial charge in [-0.25, -0.2) is 22.7 Å². The fraction of sp³-hybridized carbons (Fsp3) is 0.348. The number of benzene rings is 2. The maximum atomic E-state index is 14.8. The van der Waals surface area contributed by atoms with Gasteiger partial charge in [0.25, 0.3) is 5.91 Å². The number of carbonyl (C=O) groups is 3. The van der Waals surface area contributed by atoms with Gasteiger partial charge in [0.15, 0.2) is 17.4 Å². The number of amides is 3. The van der Waals surface area contributed by atoms with Crippen LogP contribution in [-0.2, 0) is 29.1 Å². The van der Waals surface area contributed by atoms with Gasteiger partial charge in [0.2, 0.25) is 10.0 Å². The number of hydroxylamine groups is 1. The maximum absolute atomic E-state index is 14.8. The average molecular weight is 589 g/mol. The third-order valence-electron chi connectivity index (χ3n) is 6.12. The average Bonchev–Trinajstić information content (AvgIpc) is 2.94. The fourth-order valence-corrected chi connectivity index (χ4v) is 5.82. The largest absolute Gasteiger partial charge is 0.451 e. The molecule has 12 nitrogen and oxygen atoms in total. The molecule has 0 radical (unpaired) electrons. The number of nitrogens with one attached hydrogen (secondary N) is 1. The van der Waals surface area contributed by atoms with Crippen LogP contribution in [0.2, 0.25) is 5.02 Å². The van der Waals surface area contributed by atoms with Gasteiger partial charge in [-0.3, -0.25) is 19.6 Å². The highest BCUT2D eigenvalue weighted by Crippen LogP contribution is 2.32. The molecule has 2 aliphatic rings. The summed E-state index contributed by atoms with van der Waals surface area (Å²) >= 11 is 5.78. The van der Waals surface area contributed by atoms with Crippen molar-refractivity contribution in [2.45, 2.75) is 10.9 Å². The smallest absolute Gasteiger partial charge is 0.312 e. The first kappa shape index (κ1) is 28.6. The minimum absolute atomic E-state index is 0.0416. The van der Waals surface area contributed by atoms with Crippen LogP contribution in [0.5, 0.6) is 11.5 Å². The Labute approximate surface area is 226 Å². The third kappa shape index (κ3) is 6.12. The van der Waals surface area contributed by atoms with Crippen LogP contribution >= 0.6 is 11.6 Å². The SMILES string of the molecule is O=C(NO)[C@@H]1CN(C(=O)C(=O)N2CCOCC2)CCN1S(=O)(=O)c1cc(F)c(Oc2ccc(Cl)cc2)c(F)c1. The molecule has 3 amide bonds. The van der Waals surface area contributed by atoms with Gasteiger partial charge in [0, 0.05) is 37.7 Å². The number of hydrogen-bond donors (Lipinski definition) is 2. The van der Waals surface area contributed by atoms with Crippen molar-refractivity contribution in [2.24, 2.45) is 0 Å². The zero-order chi connectivity index (χ0) is 28.3. The summed E-state index contributed by atoms with van der Waals surface area (Å²) in [4.78, 5) is 39.2. The number of ether oxygens (including phenoxy) is 2. The summed E-state index contributed by atoms with van der Waals surface area (Å²) < 4.78 is 67.3. The molecule has 0 aliphatic carbocycles. The lowest BCUT2D eigenvalue weighted by molar-refractivity contribution is -0.156. The minimum atomic E-state index is -4.74. The van der Waals surface area contributed by atoms with Gasteiger partial charge < -0.3 is 19.3 Å². The van der Waals surface area contributed by atoms with E-state index in [1.165, 1.54) is 34.6 Å². The second-order valence-electron chi connectivity index (χ2n) is 8.54. The zero-order valence-corrected chi connectivity index (χ0v) is 21.8. The Kier molecular flexibility index (Phi) is 8.66. The topological polar surface area (TPSA) is 146 Å². The molecule has 0 spiro atoms. The lowest BCUT2D eigenvalue weighted by Crippen LogP contribution is -2.62. The van der Waals surface area contributed by atoms with E-state index in [0.717, 1.165) is 4.90 Å². The molecule has 0 bridgehead atoms. The Morgan fingerprint density at radius 3 is 2.15 bits per heavy atom. The Balaban J connectivity index is 1.56. The van der Waals surface area contributed by atoms with Crippen LogP contribution in [0.1, 0.15) is 0 Å². The van der Waals surface area contributed by atoms with Crippen molar-refractivity contribution in [1.29, 1.82) is 0 Å². The first-order chi connectivity index (χ1) is 18.5. The highest BCUT2D eigenvalue weighted by atomic mass is 35.5. The van der Waals surface area contributed by atoms with Crippen LogP contribution in [0, 0.1) is 11.6 Å². The van der Waals surface area contributed by atoms with Crippen LogP contribution < -0.4 is 10.2 Å². The quantitative estimate of drug-likeness (QED) is 0.299. The van der Waals surface area contributed by atoms with E-state index in [2.05, 4.69) is 0 Å². The molecular weight excluding hydrogens is 566 g/mol. The minimum Gasteiger partial charge on any atom is -0.451 e. The van der Waals surface area contributed by atoms with Gasteiger partial charge in [0.1, 0.15) is 11.8 Å². The Morgan fingerprint density at radius 1 is 0.974 bits per heavy atom. The van der Waals surface area contributed by atoms with Crippen molar-refractivity contribution in [3.8, 4) is 11.5 Å². The Hall–Kier alpha value is -3.37. The molecule has 0 unspecified atom stereocenters. The summed E-state index contributed by atoms with van der Waals surface area (Å²) in [5, 5.41) is 9.56. The molecule has 2 N–H and O–H groups in total. The molecule has 39 heavy (non-hydrogen) atoms. The van der Waals surface area contributed by atoms with E-state index < -0.39 is 69.2 Å². The van der Waals surface area contributed by atoms with Crippen LogP contribution in [0.4, 0.5) is 8.78 Å². The van der Waals surface area contributed by atoms with E-state index in [0.29, 0.717) is 21.5 Å². The molecule has 2 aromatic carbocycles. The van der Waals surface area contributed by atoms with Gasteiger partial charge >= 0.3 is 11.8 Å². The third-order valence-corrected chi connectivity index (χ3v) is 8.26. The monoisotopic (exact) mass is 588 g/mol. The van der Waals surface area contributed by atoms with Gasteiger partial charge in [0.05, 0.1) is 18.1 Å². The Bertz CT molecular complexity index is 1350. The van der Waals surface area contributed by atoms with E-state index in [1.54, 1.807) is 0 Å². The van der Waals surface area contributed by atoms with E-state index >= 15 is 0 Å². The van der Waals surface area contributed by atoms with Gasteiger partial charge in [-0.05, 0) is 36.4 Å². The first-order valence-corrected chi connectivity index (χ1v) is 13.4. The van der Waals surface area contributed by atoms with Crippen molar-refractivity contribution < 1.29 is 46.3 Å². The van der Waals surface area contributed by atoms with E-state index in [9.17, 15) is 36.8 Å². The summed E-state index contributed by atoms with van der Waals surface area (Å²) in [6, 6.07) is 4.91. The van der Waals surface area contributed by atoms with Crippen molar-refractivity contribution in [3.05, 3.63) is 53.1 Å². The number of sulfonamides is 1. The molecule has 2 saturated heterocycles. The first-order valence-electron chi connectivity index (χ1n) is 11.6. The molecule has 0 saturated carbocycles. The number of nitrogens with zero attached hydrogens (tertiary/aromatic N) is 3. The Morgan fingerprint density at radius 2 is 1.56 bits per heavy atom. The maximum Gasteiger partial charge on any atom is 0.312 e. The highest BCUT2D eigenvalue weighted by molar-refractivity contribution is 7.89. The highest BCUT2D eigenvalue weighted by Gasteiger charge is 2.43. The van der Waals surface area contributed by atoms with Crippen LogP contribution in [0.25, 0.3) is 0 Å². The number of morpholine rings is 1. The summed E-state index contributed by atoms with van der Waals surface area (Å²) in [5.41, 5.74) is 1.33. The number of hydrogen-bond acceptors (Lipinski definition) is 8. The van der Waals surface area contributed by atoms with Crippen LogP contribution in [0.15, 0.2) is 41.3 Å². The number of carbonyl (C=O) groups excluding carboxylic acids is 3. The number of piperazine rings is 1. The van der Waals surface area contributed by atoms with Crippen molar-refractivity contribution in [1.82, 2.24) is 19.6 Å². The molecule has 2 aromatic rings. The summed E-state index contributed by atoms with van der Waals surface area (Å²) in [6.45, 7) is -0.527. The molecule has 2 fully saturated rings. The molecule has 2 aliphatic heterocycles. The van der Waals surface area contributed by atoms with Crippen LogP contribution in [0.3, 0.4) is 0 Å². The molecule has 0 aromatic heterocycles. The van der Waals surface area contributed by atoms with Crippen molar-refractivity contribution in [3.63, 3.8) is 0 Å². The second-order valence-corrected chi connectivity index (χ2v) is 10.9. The predicted octanol–water partition coefficient (Wildman–Crippen LogP) is 0.976. The normalized spacial score (nSPS) is 18.5. The van der Waals surface area contributed by atoms with Crippen LogP contribution in [-0.4, -0.2) is 97.4 Å². The van der Waals surface area contributed by atoms with E-state index in [4.69, 9.17) is 21.1 Å². The summed E-state index contributed by atoms with van der Waals surface area (Å²) in [5.74, 6) is -6.52. The fourth-order valence-electron chi connectivity index (χ4n) is 4.10. The van der Waals surface area contributed by atoms with Gasteiger partial charge in [-0.15, -0.1) is 0 Å². The summed E-state index contributed by atoms with van der Waals surface area (Å²) in [6.07, 6.45) is 0. The zero-order valence-electron chi connectivity index (χ0n) is 20.2. The number of rotatable bonds is 5. The van der Waals surface area contributed by atoms with Gasteiger partial charge in [-0.1, -0.05) is 11.6 Å². The lowest BCUT2D eigenvalue weighted by Gasteiger charge is -2.39. The second kappa shape index (κ2) is 11.8. The lowest BCUT2D eigenvalue weighted by atomic mass is 10.2. The van der Waals surface area contributed by atoms with Crippen molar-refractivity contribution in [2.75, 3.05) is 45.9 Å². The molecule has 1 atom stereocenters. The molecular formula is C23H23ClF2N4O8S. The molecule has 210 valence electrons. The molecule has 16 heteroatoms. The van der Waals surface area contributed by atoms with Gasteiger partial charge in [-0.2, -0.15) is 4.31 Å². The molecule has 4 rings (SSSR count). The van der Waals surface area contributed by atoms with E-state index in [1.807, 2.05) is 0 Å². The van der Waals surface area contributed by atoms with Crippen molar-refractivity contribution >= 4 is 39.3 Å². The van der Waals surface area contributed by atoms with E-state index in [-0.39, 0.29) is 38.6 Å².